The maximum absolute atomic E-state index is 11.3. The summed E-state index contributed by atoms with van der Waals surface area (Å²) in [6, 6.07) is 9.79. The average molecular weight is 467 g/mol. The van der Waals surface area contributed by atoms with Crippen molar-refractivity contribution in [2.24, 2.45) is 15.4 Å². The molecular weight excluding hydrogens is 446 g/mol. The van der Waals surface area contributed by atoms with Gasteiger partial charge in [-0.3, -0.25) is 0 Å². The number of aliphatic hydroxyl groups excluding tert-OH is 3. The summed E-state index contributed by atoms with van der Waals surface area (Å²) in [5, 5.41) is 54.5. The molecule has 3 rings (SSSR count). The summed E-state index contributed by atoms with van der Waals surface area (Å²) in [5.74, 6) is -1.50. The Bertz CT molecular complexity index is 1120. The zero-order chi connectivity index (χ0) is 23.6. The van der Waals surface area contributed by atoms with Crippen LogP contribution < -0.4 is 16.2 Å². The molecule has 0 bridgehead atoms. The van der Waals surface area contributed by atoms with Gasteiger partial charge in [0.25, 0.3) is 0 Å². The van der Waals surface area contributed by atoms with Gasteiger partial charge in [0.2, 0.25) is 10.0 Å². The fourth-order valence-corrected chi connectivity index (χ4v) is 3.43. The van der Waals surface area contributed by atoms with Crippen LogP contribution in [0.15, 0.2) is 57.6 Å². The number of sulfonamides is 1. The second kappa shape index (κ2) is 9.15. The number of nitrogens with one attached hydrogen (secondary N) is 1. The number of anilines is 2. The molecule has 0 amide bonds. The van der Waals surface area contributed by atoms with Crippen molar-refractivity contribution in [3.63, 3.8) is 0 Å². The number of aliphatic hydroxyl groups is 3. The highest BCUT2D eigenvalue weighted by Crippen LogP contribution is 2.30. The van der Waals surface area contributed by atoms with E-state index in [0.29, 0.717) is 11.4 Å². The van der Waals surface area contributed by atoms with Crippen LogP contribution in [-0.2, 0) is 19.6 Å². The predicted octanol–water partition coefficient (Wildman–Crippen LogP) is -0.364. The Kier molecular flexibility index (Phi) is 6.73. The van der Waals surface area contributed by atoms with Crippen molar-refractivity contribution in [3.05, 3.63) is 42.5 Å². The SMILES string of the molecule is Nc1cc(NC2OC(C(=O)O)C(O)C(O)C2O)ccc1N=Nc1ccc(S(N)(=O)=O)cc1. The van der Waals surface area contributed by atoms with Crippen LogP contribution in [0.1, 0.15) is 0 Å². The number of azo groups is 1. The van der Waals surface area contributed by atoms with Gasteiger partial charge in [0.15, 0.2) is 12.3 Å². The van der Waals surface area contributed by atoms with E-state index in [1.807, 2.05) is 0 Å². The van der Waals surface area contributed by atoms with Crippen LogP contribution in [0.3, 0.4) is 0 Å². The Morgan fingerprint density at radius 1 is 1.00 bits per heavy atom. The summed E-state index contributed by atoms with van der Waals surface area (Å²) >= 11 is 0. The zero-order valence-corrected chi connectivity index (χ0v) is 17.1. The maximum atomic E-state index is 11.3. The number of ether oxygens (including phenoxy) is 1. The normalized spacial score (nSPS) is 26.2. The largest absolute Gasteiger partial charge is 0.479 e. The summed E-state index contributed by atoms with van der Waals surface area (Å²) in [6.07, 6.45) is -8.22. The number of rotatable bonds is 6. The number of carboxylic acid groups (broad SMARTS) is 1. The lowest BCUT2D eigenvalue weighted by Gasteiger charge is -2.39. The minimum atomic E-state index is -3.82. The molecule has 0 spiro atoms. The molecule has 0 saturated carbocycles. The van der Waals surface area contributed by atoms with E-state index in [0.717, 1.165) is 0 Å². The summed E-state index contributed by atoms with van der Waals surface area (Å²) in [6.45, 7) is 0. The van der Waals surface area contributed by atoms with Gasteiger partial charge in [-0.2, -0.15) is 5.11 Å². The quantitative estimate of drug-likeness (QED) is 0.215. The van der Waals surface area contributed by atoms with Crippen molar-refractivity contribution in [1.29, 1.82) is 0 Å². The predicted molar refractivity (Wildman–Crippen MR) is 111 cm³/mol. The first kappa shape index (κ1) is 23.5. The van der Waals surface area contributed by atoms with Crippen LogP contribution >= 0.6 is 0 Å². The zero-order valence-electron chi connectivity index (χ0n) is 16.3. The fraction of sp³-hybridized carbons (Fsp3) is 0.278. The Labute approximate surface area is 182 Å². The van der Waals surface area contributed by atoms with Crippen LogP contribution in [0.25, 0.3) is 0 Å². The number of nitrogens with zero attached hydrogens (tertiary/aromatic N) is 2. The molecule has 14 heteroatoms. The molecule has 1 aliphatic heterocycles. The number of nitrogens with two attached hydrogens (primary N) is 2. The topological polar surface area (TPSA) is 230 Å². The molecule has 0 aromatic heterocycles. The molecule has 172 valence electrons. The number of aliphatic carboxylic acids is 1. The third-order valence-electron chi connectivity index (χ3n) is 4.63. The van der Waals surface area contributed by atoms with Crippen LogP contribution in [0, 0.1) is 0 Å². The van der Waals surface area contributed by atoms with Crippen molar-refractivity contribution in [2.75, 3.05) is 11.1 Å². The number of benzene rings is 2. The second-order valence-corrected chi connectivity index (χ2v) is 8.51. The lowest BCUT2D eigenvalue weighted by Crippen LogP contribution is -2.61. The van der Waals surface area contributed by atoms with E-state index in [4.69, 9.17) is 20.7 Å². The van der Waals surface area contributed by atoms with Gasteiger partial charge in [0.1, 0.15) is 24.0 Å². The van der Waals surface area contributed by atoms with Crippen molar-refractivity contribution < 1.29 is 38.4 Å². The molecule has 1 saturated heterocycles. The molecule has 2 aromatic carbocycles. The Hall–Kier alpha value is -3.14. The molecule has 5 unspecified atom stereocenters. The van der Waals surface area contributed by atoms with E-state index < -0.39 is 46.6 Å². The molecule has 9 N–H and O–H groups in total. The summed E-state index contributed by atoms with van der Waals surface area (Å²) in [5.41, 5.74) is 7.06. The highest BCUT2D eigenvalue weighted by Gasteiger charge is 2.46. The first-order valence-electron chi connectivity index (χ1n) is 9.10. The van der Waals surface area contributed by atoms with Gasteiger partial charge in [-0.25, -0.2) is 18.4 Å². The lowest BCUT2D eigenvalue weighted by molar-refractivity contribution is -0.221. The second-order valence-electron chi connectivity index (χ2n) is 6.94. The first-order valence-corrected chi connectivity index (χ1v) is 10.6. The number of nitrogen functional groups attached to an aromatic ring is 1. The Balaban J connectivity index is 1.72. The molecule has 5 atom stereocenters. The van der Waals surface area contributed by atoms with Gasteiger partial charge in [-0.1, -0.05) is 0 Å². The van der Waals surface area contributed by atoms with Gasteiger partial charge >= 0.3 is 5.97 Å². The van der Waals surface area contributed by atoms with E-state index in [-0.39, 0.29) is 16.3 Å². The van der Waals surface area contributed by atoms with Crippen LogP contribution in [0.2, 0.25) is 0 Å². The molecule has 1 fully saturated rings. The first-order chi connectivity index (χ1) is 15.0. The van der Waals surface area contributed by atoms with Gasteiger partial charge in [0, 0.05) is 5.69 Å². The standard InChI is InChI=1S/C18H21N5O8S/c19-11-7-9(21-17-15(26)13(24)14(25)16(31-17)18(27)28)3-6-12(11)23-22-8-1-4-10(5-2-8)32(20,29)30/h1-7,13-17,21,24-26H,19H2,(H,27,28)(H2,20,29,30). The number of hydrogen-bond donors (Lipinski definition) is 7. The summed E-state index contributed by atoms with van der Waals surface area (Å²) < 4.78 is 27.7. The number of primary sulfonamides is 1. The van der Waals surface area contributed by atoms with Crippen molar-refractivity contribution >= 4 is 38.7 Å². The third kappa shape index (κ3) is 5.18. The Morgan fingerprint density at radius 2 is 1.66 bits per heavy atom. The van der Waals surface area contributed by atoms with E-state index in [1.54, 1.807) is 0 Å². The van der Waals surface area contributed by atoms with Gasteiger partial charge < -0.3 is 36.2 Å². The van der Waals surface area contributed by atoms with E-state index in [2.05, 4.69) is 15.5 Å². The maximum Gasteiger partial charge on any atom is 0.335 e. The molecule has 32 heavy (non-hydrogen) atoms. The van der Waals surface area contributed by atoms with Crippen LogP contribution in [0.4, 0.5) is 22.7 Å². The molecule has 1 aliphatic rings. The van der Waals surface area contributed by atoms with Crippen molar-refractivity contribution in [3.8, 4) is 0 Å². The number of hydrogen-bond acceptors (Lipinski definition) is 11. The van der Waals surface area contributed by atoms with Crippen molar-refractivity contribution in [2.45, 2.75) is 35.5 Å². The molecule has 1 heterocycles. The van der Waals surface area contributed by atoms with Gasteiger partial charge in [-0.15, -0.1) is 5.11 Å². The third-order valence-corrected chi connectivity index (χ3v) is 5.56. The molecule has 0 aliphatic carbocycles. The van der Waals surface area contributed by atoms with E-state index in [9.17, 15) is 28.5 Å². The molecular formula is C18H21N5O8S. The molecule has 13 nitrogen and oxygen atoms in total. The monoisotopic (exact) mass is 467 g/mol. The van der Waals surface area contributed by atoms with Gasteiger partial charge in [-0.05, 0) is 42.5 Å². The number of carboxylic acids is 1. The smallest absolute Gasteiger partial charge is 0.335 e. The number of carbonyl (C=O) groups is 1. The van der Waals surface area contributed by atoms with Gasteiger partial charge in [0.05, 0.1) is 16.3 Å². The minimum Gasteiger partial charge on any atom is -0.479 e. The summed E-state index contributed by atoms with van der Waals surface area (Å²) in [7, 11) is -3.82. The summed E-state index contributed by atoms with van der Waals surface area (Å²) in [4.78, 5) is 11.1. The highest BCUT2D eigenvalue weighted by molar-refractivity contribution is 7.89. The molecule has 2 aromatic rings. The highest BCUT2D eigenvalue weighted by atomic mass is 32.2. The minimum absolute atomic E-state index is 0.0683. The lowest BCUT2D eigenvalue weighted by atomic mass is 9.98. The Morgan fingerprint density at radius 3 is 2.22 bits per heavy atom. The van der Waals surface area contributed by atoms with Crippen LogP contribution in [-0.4, -0.2) is 65.5 Å². The van der Waals surface area contributed by atoms with E-state index >= 15 is 0 Å². The van der Waals surface area contributed by atoms with Crippen molar-refractivity contribution in [1.82, 2.24) is 0 Å². The average Bonchev–Trinajstić information content (AvgIpc) is 2.73. The fourth-order valence-electron chi connectivity index (χ4n) is 2.92. The molecule has 0 radical (unpaired) electrons. The van der Waals surface area contributed by atoms with E-state index in [1.165, 1.54) is 42.5 Å². The van der Waals surface area contributed by atoms with Crippen LogP contribution in [0.5, 0.6) is 0 Å².